The highest BCUT2D eigenvalue weighted by molar-refractivity contribution is 5.68. The molecule has 0 aliphatic carbocycles. The van der Waals surface area contributed by atoms with Gasteiger partial charge in [-0.2, -0.15) is 0 Å². The van der Waals surface area contributed by atoms with E-state index in [-0.39, 0.29) is 12.7 Å². The Balaban J connectivity index is 2.50. The summed E-state index contributed by atoms with van der Waals surface area (Å²) in [6, 6.07) is 0.524. The van der Waals surface area contributed by atoms with Crippen LogP contribution in [0.2, 0.25) is 0 Å². The molecule has 0 spiro atoms. The molecule has 0 aromatic heterocycles. The van der Waals surface area contributed by atoms with Gasteiger partial charge in [0.2, 0.25) is 0 Å². The van der Waals surface area contributed by atoms with E-state index in [4.69, 9.17) is 4.74 Å². The van der Waals surface area contributed by atoms with Gasteiger partial charge in [0, 0.05) is 25.7 Å². The van der Waals surface area contributed by atoms with Gasteiger partial charge >= 0.3 is 6.09 Å². The molecule has 0 saturated carbocycles. The average molecular weight is 343 g/mol. The van der Waals surface area contributed by atoms with Crippen LogP contribution in [0.4, 0.5) is 4.79 Å². The predicted octanol–water partition coefficient (Wildman–Crippen LogP) is 3.27. The quantitative estimate of drug-likeness (QED) is 0.745. The fraction of sp³-hybridized carbons (Fsp3) is 0.947. The van der Waals surface area contributed by atoms with Gasteiger partial charge in [0.15, 0.2) is 0 Å². The van der Waals surface area contributed by atoms with Crippen molar-refractivity contribution in [3.63, 3.8) is 0 Å². The van der Waals surface area contributed by atoms with Gasteiger partial charge < -0.3 is 20.1 Å². The van der Waals surface area contributed by atoms with E-state index in [0.29, 0.717) is 23.8 Å². The zero-order valence-corrected chi connectivity index (χ0v) is 16.5. The zero-order chi connectivity index (χ0) is 18.3. The summed E-state index contributed by atoms with van der Waals surface area (Å²) >= 11 is 0. The molecule has 1 aliphatic heterocycles. The summed E-state index contributed by atoms with van der Waals surface area (Å²) < 4.78 is 5.48. The molecule has 1 saturated heterocycles. The number of hydrogen-bond donors (Lipinski definition) is 2. The molecule has 1 amide bonds. The third-order valence-corrected chi connectivity index (χ3v) is 5.08. The minimum absolute atomic E-state index is 0.216. The van der Waals surface area contributed by atoms with Crippen LogP contribution in [0.3, 0.4) is 0 Å². The summed E-state index contributed by atoms with van der Waals surface area (Å²) in [4.78, 5) is 14.0. The SMILES string of the molecule is CCC(C)NCCC(CO)C1CCN(C(=O)OC(C)(C)C)CC1C. The topological polar surface area (TPSA) is 61.8 Å². The number of aliphatic hydroxyl groups is 1. The van der Waals surface area contributed by atoms with Gasteiger partial charge in [-0.3, -0.25) is 0 Å². The first-order valence-electron chi connectivity index (χ1n) is 9.50. The number of carbonyl (C=O) groups is 1. The number of rotatable bonds is 7. The summed E-state index contributed by atoms with van der Waals surface area (Å²) in [5.74, 6) is 1.15. The van der Waals surface area contributed by atoms with Crippen LogP contribution in [0.25, 0.3) is 0 Å². The lowest BCUT2D eigenvalue weighted by Gasteiger charge is -2.40. The summed E-state index contributed by atoms with van der Waals surface area (Å²) in [6.45, 7) is 14.8. The van der Waals surface area contributed by atoms with Crippen molar-refractivity contribution in [1.29, 1.82) is 0 Å². The Morgan fingerprint density at radius 1 is 1.42 bits per heavy atom. The number of carbonyl (C=O) groups excluding carboxylic acids is 1. The van der Waals surface area contributed by atoms with Gasteiger partial charge in [0.1, 0.15) is 5.60 Å². The van der Waals surface area contributed by atoms with Gasteiger partial charge in [-0.15, -0.1) is 0 Å². The smallest absolute Gasteiger partial charge is 0.410 e. The van der Waals surface area contributed by atoms with Crippen LogP contribution < -0.4 is 5.32 Å². The molecule has 5 heteroatoms. The number of nitrogens with zero attached hydrogens (tertiary/aromatic N) is 1. The molecule has 5 nitrogen and oxygen atoms in total. The number of likely N-dealkylation sites (tertiary alicyclic amines) is 1. The lowest BCUT2D eigenvalue weighted by atomic mass is 9.76. The third-order valence-electron chi connectivity index (χ3n) is 5.08. The van der Waals surface area contributed by atoms with E-state index < -0.39 is 5.60 Å². The van der Waals surface area contributed by atoms with Crippen LogP contribution in [-0.2, 0) is 4.74 Å². The minimum Gasteiger partial charge on any atom is -0.444 e. The number of piperidine rings is 1. The molecule has 1 aliphatic rings. The Morgan fingerprint density at radius 2 is 2.08 bits per heavy atom. The van der Waals surface area contributed by atoms with E-state index in [0.717, 1.165) is 38.9 Å². The summed E-state index contributed by atoms with van der Waals surface area (Å²) in [5.41, 5.74) is -0.452. The van der Waals surface area contributed by atoms with Gasteiger partial charge in [0.25, 0.3) is 0 Å². The second-order valence-electron chi connectivity index (χ2n) is 8.35. The Bertz CT molecular complexity index is 381. The standard InChI is InChI=1S/C19H38N2O3/c1-7-15(3)20-10-8-16(13-22)17-9-11-21(12-14(17)2)18(23)24-19(4,5)6/h14-17,20,22H,7-13H2,1-6H3. The molecule has 0 bridgehead atoms. The highest BCUT2D eigenvalue weighted by Crippen LogP contribution is 2.32. The molecule has 4 atom stereocenters. The van der Waals surface area contributed by atoms with Crippen molar-refractivity contribution in [3.05, 3.63) is 0 Å². The summed E-state index contributed by atoms with van der Waals surface area (Å²) in [5, 5.41) is 13.3. The van der Waals surface area contributed by atoms with Crippen molar-refractivity contribution in [2.45, 2.75) is 72.4 Å². The molecule has 1 rings (SSSR count). The molecule has 0 aromatic carbocycles. The number of amides is 1. The van der Waals surface area contributed by atoms with Crippen molar-refractivity contribution >= 4 is 6.09 Å². The normalized spacial score (nSPS) is 24.5. The fourth-order valence-corrected chi connectivity index (χ4v) is 3.46. The first kappa shape index (κ1) is 21.2. The summed E-state index contributed by atoms with van der Waals surface area (Å²) in [6.07, 6.45) is 2.83. The van der Waals surface area contributed by atoms with Crippen molar-refractivity contribution in [2.75, 3.05) is 26.2 Å². The summed E-state index contributed by atoms with van der Waals surface area (Å²) in [7, 11) is 0. The van der Waals surface area contributed by atoms with Crippen LogP contribution >= 0.6 is 0 Å². The highest BCUT2D eigenvalue weighted by Gasteiger charge is 2.34. The lowest BCUT2D eigenvalue weighted by Crippen LogP contribution is -2.47. The number of ether oxygens (including phenoxy) is 1. The number of nitrogens with one attached hydrogen (secondary N) is 1. The molecule has 24 heavy (non-hydrogen) atoms. The van der Waals surface area contributed by atoms with Crippen LogP contribution in [-0.4, -0.2) is 54.0 Å². The molecule has 2 N–H and O–H groups in total. The Kier molecular flexibility index (Phi) is 8.51. The predicted molar refractivity (Wildman–Crippen MR) is 98.0 cm³/mol. The van der Waals surface area contributed by atoms with Gasteiger partial charge in [0.05, 0.1) is 0 Å². The van der Waals surface area contributed by atoms with Crippen molar-refractivity contribution in [2.24, 2.45) is 17.8 Å². The van der Waals surface area contributed by atoms with Gasteiger partial charge in [-0.05, 0) is 71.3 Å². The first-order chi connectivity index (χ1) is 11.2. The molecule has 1 heterocycles. The maximum atomic E-state index is 12.2. The largest absolute Gasteiger partial charge is 0.444 e. The van der Waals surface area contributed by atoms with Gasteiger partial charge in [-0.1, -0.05) is 13.8 Å². The molecular formula is C19H38N2O3. The first-order valence-corrected chi connectivity index (χ1v) is 9.50. The lowest BCUT2D eigenvalue weighted by molar-refractivity contribution is 0.00267. The van der Waals surface area contributed by atoms with E-state index in [2.05, 4.69) is 26.1 Å². The van der Waals surface area contributed by atoms with Gasteiger partial charge in [-0.25, -0.2) is 4.79 Å². The molecule has 0 aromatic rings. The highest BCUT2D eigenvalue weighted by atomic mass is 16.6. The van der Waals surface area contributed by atoms with E-state index in [1.54, 1.807) is 0 Å². The number of hydrogen-bond acceptors (Lipinski definition) is 4. The molecule has 4 unspecified atom stereocenters. The number of aliphatic hydroxyl groups excluding tert-OH is 1. The zero-order valence-electron chi connectivity index (χ0n) is 16.5. The second kappa shape index (κ2) is 9.62. The Labute approximate surface area is 148 Å². The van der Waals surface area contributed by atoms with Crippen LogP contribution in [0.5, 0.6) is 0 Å². The molecular weight excluding hydrogens is 304 g/mol. The molecule has 0 radical (unpaired) electrons. The maximum Gasteiger partial charge on any atom is 0.410 e. The monoisotopic (exact) mass is 342 g/mol. The Morgan fingerprint density at radius 3 is 2.58 bits per heavy atom. The van der Waals surface area contributed by atoms with Crippen molar-refractivity contribution in [1.82, 2.24) is 10.2 Å². The average Bonchev–Trinajstić information content (AvgIpc) is 2.50. The van der Waals surface area contributed by atoms with E-state index >= 15 is 0 Å². The molecule has 1 fully saturated rings. The van der Waals surface area contributed by atoms with Crippen LogP contribution in [0, 0.1) is 17.8 Å². The van der Waals surface area contributed by atoms with Crippen LogP contribution in [0.1, 0.15) is 60.8 Å². The van der Waals surface area contributed by atoms with Crippen molar-refractivity contribution in [3.8, 4) is 0 Å². The van der Waals surface area contributed by atoms with E-state index in [9.17, 15) is 9.90 Å². The van der Waals surface area contributed by atoms with Crippen LogP contribution in [0.15, 0.2) is 0 Å². The molecule has 142 valence electrons. The Hall–Kier alpha value is -0.810. The van der Waals surface area contributed by atoms with E-state index in [1.807, 2.05) is 25.7 Å². The second-order valence-corrected chi connectivity index (χ2v) is 8.35. The maximum absolute atomic E-state index is 12.2. The minimum atomic E-state index is -0.452. The fourth-order valence-electron chi connectivity index (χ4n) is 3.46. The van der Waals surface area contributed by atoms with Crippen molar-refractivity contribution < 1.29 is 14.6 Å². The third kappa shape index (κ3) is 6.98. The van der Waals surface area contributed by atoms with E-state index in [1.165, 1.54) is 0 Å².